The summed E-state index contributed by atoms with van der Waals surface area (Å²) < 4.78 is 70.7. The fourth-order valence-electron chi connectivity index (χ4n) is 3.35. The average molecular weight is 392 g/mol. The molecule has 5 nitrogen and oxygen atoms in total. The van der Waals surface area contributed by atoms with E-state index in [0.717, 1.165) is 29.2 Å². The van der Waals surface area contributed by atoms with Gasteiger partial charge in [0.2, 0.25) is 5.91 Å². The summed E-state index contributed by atoms with van der Waals surface area (Å²) in [5.74, 6) is -3.60. The Morgan fingerprint density at radius 2 is 1.85 bits per heavy atom. The molecule has 0 aromatic heterocycles. The maximum atomic E-state index is 14.1. The average Bonchev–Trinajstić information content (AvgIpc) is 2.99. The number of carbonyl (C=O) groups excluding carboxylic acids is 2. The molecule has 10 heteroatoms. The fourth-order valence-corrected chi connectivity index (χ4v) is 3.35. The number of piperidine rings is 1. The van der Waals surface area contributed by atoms with Gasteiger partial charge in [-0.3, -0.25) is 9.69 Å². The number of likely N-dealkylation sites (tertiary alicyclic amines) is 2. The molecule has 2 heterocycles. The van der Waals surface area contributed by atoms with Crippen LogP contribution in [0, 0.1) is 0 Å². The minimum atomic E-state index is -4.53. The first-order valence-corrected chi connectivity index (χ1v) is 8.36. The highest BCUT2D eigenvalue weighted by Gasteiger charge is 2.46. The van der Waals surface area contributed by atoms with E-state index in [1.165, 1.54) is 4.90 Å². The predicted molar refractivity (Wildman–Crippen MR) is 83.3 cm³/mol. The van der Waals surface area contributed by atoms with Crippen LogP contribution in [0.15, 0.2) is 24.3 Å². The lowest BCUT2D eigenvalue weighted by atomic mass is 10.0. The summed E-state index contributed by atoms with van der Waals surface area (Å²) in [5, 5.41) is 0. The third-order valence-corrected chi connectivity index (χ3v) is 4.58. The Morgan fingerprint density at radius 3 is 2.41 bits per heavy atom. The van der Waals surface area contributed by atoms with Crippen molar-refractivity contribution in [3.05, 3.63) is 29.8 Å². The Hall–Kier alpha value is -2.39. The van der Waals surface area contributed by atoms with E-state index in [1.807, 2.05) is 0 Å². The van der Waals surface area contributed by atoms with Gasteiger partial charge in [0.1, 0.15) is 5.75 Å². The molecule has 1 aromatic carbocycles. The Labute approximate surface area is 151 Å². The fraction of sp³-hybridized carbons (Fsp3) is 0.529. The summed E-state index contributed by atoms with van der Waals surface area (Å²) in [7, 11) is 0. The van der Waals surface area contributed by atoms with E-state index < -0.39 is 42.8 Å². The third kappa shape index (κ3) is 4.48. The van der Waals surface area contributed by atoms with Crippen molar-refractivity contribution in [1.29, 1.82) is 0 Å². The van der Waals surface area contributed by atoms with Crippen LogP contribution in [-0.2, 0) is 11.0 Å². The molecular formula is C17H17F5N2O3. The number of alkyl halides is 5. The zero-order chi connectivity index (χ0) is 19.8. The van der Waals surface area contributed by atoms with Crippen molar-refractivity contribution in [2.24, 2.45) is 0 Å². The number of hydrogen-bond donors (Lipinski definition) is 0. The molecule has 2 aliphatic rings. The van der Waals surface area contributed by atoms with Crippen LogP contribution >= 0.6 is 0 Å². The summed E-state index contributed by atoms with van der Waals surface area (Å²) in [5.41, 5.74) is -0.917. The minimum Gasteiger partial charge on any atom is -0.410 e. The third-order valence-electron chi connectivity index (χ3n) is 4.58. The van der Waals surface area contributed by atoms with Gasteiger partial charge in [0, 0.05) is 25.9 Å². The van der Waals surface area contributed by atoms with Gasteiger partial charge in [0.15, 0.2) is 0 Å². The normalized spacial score (nSPS) is 22.9. The van der Waals surface area contributed by atoms with Gasteiger partial charge in [-0.05, 0) is 30.7 Å². The molecule has 0 saturated carbocycles. The lowest BCUT2D eigenvalue weighted by molar-refractivity contribution is -0.138. The van der Waals surface area contributed by atoms with Crippen molar-refractivity contribution in [3.8, 4) is 5.75 Å². The maximum Gasteiger partial charge on any atom is 0.416 e. The van der Waals surface area contributed by atoms with Crippen LogP contribution in [0.5, 0.6) is 5.75 Å². The highest BCUT2D eigenvalue weighted by Crippen LogP contribution is 2.33. The van der Waals surface area contributed by atoms with Crippen molar-refractivity contribution in [2.45, 2.75) is 37.4 Å². The van der Waals surface area contributed by atoms with Gasteiger partial charge in [-0.1, -0.05) is 0 Å². The summed E-state index contributed by atoms with van der Waals surface area (Å²) in [4.78, 5) is 26.2. The number of halogens is 5. The van der Waals surface area contributed by atoms with Crippen molar-refractivity contribution >= 4 is 12.0 Å². The van der Waals surface area contributed by atoms with Crippen LogP contribution < -0.4 is 4.74 Å². The standard InChI is InChI=1S/C17H17F5N2O3/c18-16(19)8-12(24-7-1-2-14(24)25)9-23(10-16)15(26)27-13-5-3-11(4-6-13)17(20,21)22/h3-6,12H,1-2,7-10H2. The highest BCUT2D eigenvalue weighted by molar-refractivity contribution is 5.78. The van der Waals surface area contributed by atoms with Gasteiger partial charge >= 0.3 is 12.3 Å². The van der Waals surface area contributed by atoms with Crippen LogP contribution in [0.1, 0.15) is 24.8 Å². The molecule has 0 bridgehead atoms. The summed E-state index contributed by atoms with van der Waals surface area (Å²) in [6.45, 7) is -0.618. The van der Waals surface area contributed by atoms with Crippen LogP contribution in [-0.4, -0.2) is 53.4 Å². The zero-order valence-corrected chi connectivity index (χ0v) is 14.1. The highest BCUT2D eigenvalue weighted by atomic mass is 19.4. The van der Waals surface area contributed by atoms with E-state index in [0.29, 0.717) is 13.0 Å². The van der Waals surface area contributed by atoms with Crippen molar-refractivity contribution in [3.63, 3.8) is 0 Å². The lowest BCUT2D eigenvalue weighted by Gasteiger charge is -2.40. The Bertz CT molecular complexity index is 720. The minimum absolute atomic E-state index is 0.110. The van der Waals surface area contributed by atoms with Gasteiger partial charge < -0.3 is 9.64 Å². The van der Waals surface area contributed by atoms with Crippen LogP contribution in [0.2, 0.25) is 0 Å². The number of amides is 2. The second kappa shape index (κ2) is 6.97. The molecule has 1 unspecified atom stereocenters. The number of rotatable bonds is 2. The number of hydrogen-bond acceptors (Lipinski definition) is 3. The maximum absolute atomic E-state index is 14.1. The molecule has 1 atom stereocenters. The molecule has 2 aliphatic heterocycles. The molecular weight excluding hydrogens is 375 g/mol. The van der Waals surface area contributed by atoms with Crippen molar-refractivity contribution in [2.75, 3.05) is 19.6 Å². The largest absolute Gasteiger partial charge is 0.416 e. The first-order valence-electron chi connectivity index (χ1n) is 8.36. The van der Waals surface area contributed by atoms with Gasteiger partial charge in [-0.25, -0.2) is 13.6 Å². The smallest absolute Gasteiger partial charge is 0.410 e. The van der Waals surface area contributed by atoms with Gasteiger partial charge in [0.25, 0.3) is 5.92 Å². The predicted octanol–water partition coefficient (Wildman–Crippen LogP) is 3.54. The molecule has 2 saturated heterocycles. The van der Waals surface area contributed by atoms with E-state index in [4.69, 9.17) is 4.74 Å². The molecule has 27 heavy (non-hydrogen) atoms. The molecule has 0 aliphatic carbocycles. The number of carbonyl (C=O) groups is 2. The van der Waals surface area contributed by atoms with E-state index in [-0.39, 0.29) is 24.6 Å². The Kier molecular flexibility index (Phi) is 5.00. The molecule has 2 fully saturated rings. The Morgan fingerprint density at radius 1 is 1.19 bits per heavy atom. The summed E-state index contributed by atoms with van der Waals surface area (Å²) >= 11 is 0. The van der Waals surface area contributed by atoms with E-state index in [2.05, 4.69) is 0 Å². The molecule has 0 N–H and O–H groups in total. The summed E-state index contributed by atoms with van der Waals surface area (Å²) in [6, 6.07) is 2.55. The lowest BCUT2D eigenvalue weighted by Crippen LogP contribution is -2.57. The second-order valence-electron chi connectivity index (χ2n) is 6.68. The van der Waals surface area contributed by atoms with E-state index in [9.17, 15) is 31.5 Å². The SMILES string of the molecule is O=C(Oc1ccc(C(F)(F)F)cc1)N1CC(N2CCCC2=O)CC(F)(F)C1. The monoisotopic (exact) mass is 392 g/mol. The van der Waals surface area contributed by atoms with Crippen LogP contribution in [0.25, 0.3) is 0 Å². The molecule has 3 rings (SSSR count). The zero-order valence-electron chi connectivity index (χ0n) is 14.1. The second-order valence-corrected chi connectivity index (χ2v) is 6.68. The topological polar surface area (TPSA) is 49.9 Å². The molecule has 148 valence electrons. The summed E-state index contributed by atoms with van der Waals surface area (Å²) in [6.07, 6.45) is -5.30. The van der Waals surface area contributed by atoms with Crippen LogP contribution in [0.3, 0.4) is 0 Å². The van der Waals surface area contributed by atoms with Crippen molar-refractivity contribution in [1.82, 2.24) is 9.80 Å². The number of benzene rings is 1. The molecule has 0 radical (unpaired) electrons. The quantitative estimate of drug-likeness (QED) is 0.724. The molecule has 2 amide bonds. The van der Waals surface area contributed by atoms with Crippen LogP contribution in [0.4, 0.5) is 26.7 Å². The molecule has 1 aromatic rings. The molecule has 0 spiro atoms. The van der Waals surface area contributed by atoms with Crippen molar-refractivity contribution < 1.29 is 36.3 Å². The Balaban J connectivity index is 1.68. The van der Waals surface area contributed by atoms with Gasteiger partial charge in [-0.2, -0.15) is 13.2 Å². The van der Waals surface area contributed by atoms with E-state index >= 15 is 0 Å². The number of nitrogens with zero attached hydrogens (tertiary/aromatic N) is 2. The number of ether oxygens (including phenoxy) is 1. The first kappa shape index (κ1) is 19.4. The first-order chi connectivity index (χ1) is 12.5. The van der Waals surface area contributed by atoms with Gasteiger partial charge in [-0.15, -0.1) is 0 Å². The van der Waals surface area contributed by atoms with Gasteiger partial charge in [0.05, 0.1) is 18.2 Å². The van der Waals surface area contributed by atoms with E-state index in [1.54, 1.807) is 0 Å².